The fourth-order valence-corrected chi connectivity index (χ4v) is 3.36. The van der Waals surface area contributed by atoms with E-state index in [-0.39, 0.29) is 11.6 Å². The fourth-order valence-electron chi connectivity index (χ4n) is 2.52. The van der Waals surface area contributed by atoms with Crippen molar-refractivity contribution in [3.8, 4) is 5.75 Å². The molecule has 0 fully saturated rings. The molecule has 3 rings (SSSR count). The van der Waals surface area contributed by atoms with Crippen LogP contribution in [0, 0.1) is 0 Å². The number of nitrogens with one attached hydrogen (secondary N) is 1. The third-order valence-electron chi connectivity index (χ3n) is 3.65. The predicted octanol–water partition coefficient (Wildman–Crippen LogP) is 3.22. The molecule has 1 amide bonds. The molecule has 0 spiro atoms. The van der Waals surface area contributed by atoms with Crippen molar-refractivity contribution in [2.24, 2.45) is 0 Å². The van der Waals surface area contributed by atoms with Crippen molar-refractivity contribution >= 4 is 28.2 Å². The van der Waals surface area contributed by atoms with Crippen LogP contribution in [0.15, 0.2) is 51.0 Å². The summed E-state index contributed by atoms with van der Waals surface area (Å²) in [5.41, 5.74) is -0.338. The van der Waals surface area contributed by atoms with Gasteiger partial charge in [-0.25, -0.2) is 4.79 Å². The molecule has 2 heterocycles. The number of fused-ring (bicyclic) bond motifs is 1. The van der Waals surface area contributed by atoms with Gasteiger partial charge in [0.15, 0.2) is 11.3 Å². The molecule has 1 N–H and O–H groups in total. The molecule has 0 aliphatic heterocycles. The van der Waals surface area contributed by atoms with Gasteiger partial charge in [-0.1, -0.05) is 18.2 Å². The van der Waals surface area contributed by atoms with Crippen LogP contribution in [0.5, 0.6) is 5.75 Å². The van der Waals surface area contributed by atoms with E-state index in [2.05, 4.69) is 5.32 Å². The highest BCUT2D eigenvalue weighted by Crippen LogP contribution is 2.24. The lowest BCUT2D eigenvalue weighted by molar-refractivity contribution is 0.0936. The number of methoxy groups -OCH3 is 1. The summed E-state index contributed by atoms with van der Waals surface area (Å²) in [6.45, 7) is 1.91. The topological polar surface area (TPSA) is 68.5 Å². The van der Waals surface area contributed by atoms with Crippen LogP contribution in [0.25, 0.3) is 11.0 Å². The first-order chi connectivity index (χ1) is 11.6. The van der Waals surface area contributed by atoms with Crippen LogP contribution in [0.3, 0.4) is 0 Å². The highest BCUT2D eigenvalue weighted by Gasteiger charge is 2.17. The van der Waals surface area contributed by atoms with Gasteiger partial charge in [-0.2, -0.15) is 0 Å². The van der Waals surface area contributed by atoms with Gasteiger partial charge in [0, 0.05) is 22.7 Å². The quantitative estimate of drug-likeness (QED) is 0.722. The first-order valence-corrected chi connectivity index (χ1v) is 8.40. The number of thiophene rings is 1. The number of carbonyl (C=O) groups is 1. The second kappa shape index (κ2) is 6.88. The van der Waals surface area contributed by atoms with E-state index in [0.717, 1.165) is 6.42 Å². The van der Waals surface area contributed by atoms with E-state index < -0.39 is 11.5 Å². The average Bonchev–Trinajstić information content (AvgIpc) is 3.06. The van der Waals surface area contributed by atoms with Crippen molar-refractivity contribution in [2.45, 2.75) is 19.4 Å². The Morgan fingerprint density at radius 3 is 2.88 bits per heavy atom. The lowest BCUT2D eigenvalue weighted by atomic mass is 10.1. The van der Waals surface area contributed by atoms with Gasteiger partial charge in [0.1, 0.15) is 5.56 Å². The maximum absolute atomic E-state index is 12.4. The second-order valence-electron chi connectivity index (χ2n) is 5.48. The minimum absolute atomic E-state index is 0.00576. The summed E-state index contributed by atoms with van der Waals surface area (Å²) in [6.07, 6.45) is 0.718. The van der Waals surface area contributed by atoms with Gasteiger partial charge in [0.25, 0.3) is 5.91 Å². The number of hydrogen-bond acceptors (Lipinski definition) is 5. The van der Waals surface area contributed by atoms with Crippen LogP contribution in [0.1, 0.15) is 22.2 Å². The van der Waals surface area contributed by atoms with Gasteiger partial charge in [0.05, 0.1) is 7.11 Å². The molecule has 0 aliphatic rings. The van der Waals surface area contributed by atoms with Crippen LogP contribution < -0.4 is 15.7 Å². The molecule has 24 heavy (non-hydrogen) atoms. The van der Waals surface area contributed by atoms with Crippen molar-refractivity contribution in [3.63, 3.8) is 0 Å². The minimum Gasteiger partial charge on any atom is -0.493 e. The normalized spacial score (nSPS) is 12.1. The van der Waals surface area contributed by atoms with E-state index in [4.69, 9.17) is 9.15 Å². The maximum atomic E-state index is 12.4. The fraction of sp³-hybridized carbons (Fsp3) is 0.222. The highest BCUT2D eigenvalue weighted by atomic mass is 32.1. The molecule has 1 aromatic carbocycles. The zero-order valence-electron chi connectivity index (χ0n) is 13.4. The Bertz CT molecular complexity index is 914. The van der Waals surface area contributed by atoms with Crippen molar-refractivity contribution < 1.29 is 13.9 Å². The first kappa shape index (κ1) is 16.3. The molecule has 6 heteroatoms. The summed E-state index contributed by atoms with van der Waals surface area (Å²) in [6, 6.07) is 10.7. The van der Waals surface area contributed by atoms with Crippen LogP contribution in [0.4, 0.5) is 0 Å². The average molecular weight is 343 g/mol. The van der Waals surface area contributed by atoms with Gasteiger partial charge < -0.3 is 14.5 Å². The summed E-state index contributed by atoms with van der Waals surface area (Å²) in [5, 5.41) is 5.48. The molecule has 0 bridgehead atoms. The van der Waals surface area contributed by atoms with Crippen LogP contribution in [-0.2, 0) is 6.42 Å². The van der Waals surface area contributed by atoms with E-state index in [0.29, 0.717) is 16.7 Å². The van der Waals surface area contributed by atoms with Gasteiger partial charge in [0.2, 0.25) is 0 Å². The third-order valence-corrected chi connectivity index (χ3v) is 4.55. The second-order valence-corrected chi connectivity index (χ2v) is 6.52. The largest absolute Gasteiger partial charge is 0.493 e. The zero-order chi connectivity index (χ0) is 17.1. The van der Waals surface area contributed by atoms with E-state index in [1.54, 1.807) is 29.5 Å². The number of rotatable bonds is 5. The van der Waals surface area contributed by atoms with Gasteiger partial charge >= 0.3 is 5.63 Å². The van der Waals surface area contributed by atoms with Crippen LogP contribution in [-0.4, -0.2) is 19.1 Å². The van der Waals surface area contributed by atoms with Gasteiger partial charge in [-0.15, -0.1) is 11.3 Å². The third kappa shape index (κ3) is 3.33. The molecule has 0 saturated carbocycles. The molecule has 0 aliphatic carbocycles. The first-order valence-electron chi connectivity index (χ1n) is 7.52. The molecule has 2 aromatic heterocycles. The standard InChI is InChI=1S/C18H17NO4S/c1-11(9-13-6-4-8-24-13)19-17(20)14-10-12-5-3-7-15(22-2)16(12)23-18(14)21/h3-8,10-11H,9H2,1-2H3,(H,19,20)/t11-/m0/s1. The molecule has 0 unspecified atom stereocenters. The Morgan fingerprint density at radius 2 is 2.17 bits per heavy atom. The monoisotopic (exact) mass is 343 g/mol. The van der Waals surface area contributed by atoms with Crippen LogP contribution in [0.2, 0.25) is 0 Å². The smallest absolute Gasteiger partial charge is 0.349 e. The molecule has 1 atom stereocenters. The summed E-state index contributed by atoms with van der Waals surface area (Å²) in [5.74, 6) is 0.0279. The van der Waals surface area contributed by atoms with Gasteiger partial charge in [-0.3, -0.25) is 4.79 Å². The lowest BCUT2D eigenvalue weighted by Gasteiger charge is -2.13. The minimum atomic E-state index is -0.673. The Hall–Kier alpha value is -2.60. The Balaban J connectivity index is 1.84. The Labute approximate surface area is 142 Å². The summed E-state index contributed by atoms with van der Waals surface area (Å²) >= 11 is 1.64. The Morgan fingerprint density at radius 1 is 1.33 bits per heavy atom. The summed E-state index contributed by atoms with van der Waals surface area (Å²) in [4.78, 5) is 25.7. The molecule has 3 aromatic rings. The molecule has 5 nitrogen and oxygen atoms in total. The summed E-state index contributed by atoms with van der Waals surface area (Å²) in [7, 11) is 1.50. The molecule has 0 saturated heterocycles. The predicted molar refractivity (Wildman–Crippen MR) is 94.0 cm³/mol. The van der Waals surface area contributed by atoms with E-state index >= 15 is 0 Å². The number of ether oxygens (including phenoxy) is 1. The molecular weight excluding hydrogens is 326 g/mol. The lowest BCUT2D eigenvalue weighted by Crippen LogP contribution is -2.36. The number of hydrogen-bond donors (Lipinski definition) is 1. The zero-order valence-corrected chi connectivity index (χ0v) is 14.2. The maximum Gasteiger partial charge on any atom is 0.349 e. The van der Waals surface area contributed by atoms with Crippen LogP contribution >= 0.6 is 11.3 Å². The van der Waals surface area contributed by atoms with E-state index in [1.165, 1.54) is 18.1 Å². The number of para-hydroxylation sites is 1. The van der Waals surface area contributed by atoms with Crippen molar-refractivity contribution in [3.05, 3.63) is 62.6 Å². The molecule has 0 radical (unpaired) electrons. The number of carbonyl (C=O) groups excluding carboxylic acids is 1. The molecule has 124 valence electrons. The summed E-state index contributed by atoms with van der Waals surface area (Å²) < 4.78 is 10.5. The van der Waals surface area contributed by atoms with E-state index in [9.17, 15) is 9.59 Å². The van der Waals surface area contributed by atoms with Crippen molar-refractivity contribution in [2.75, 3.05) is 7.11 Å². The number of benzene rings is 1. The highest BCUT2D eigenvalue weighted by molar-refractivity contribution is 7.09. The number of amides is 1. The van der Waals surface area contributed by atoms with Crippen molar-refractivity contribution in [1.82, 2.24) is 5.32 Å². The SMILES string of the molecule is COc1cccc2cc(C(=O)N[C@@H](C)Cc3cccs3)c(=O)oc12. The van der Waals surface area contributed by atoms with Crippen molar-refractivity contribution in [1.29, 1.82) is 0 Å². The molecular formula is C18H17NO4S. The van der Waals surface area contributed by atoms with E-state index in [1.807, 2.05) is 24.4 Å². The van der Waals surface area contributed by atoms with Gasteiger partial charge in [-0.05, 0) is 30.5 Å². The Kier molecular flexibility index (Phi) is 4.66.